The molecule has 132 valence electrons. The molecule has 2 atom stereocenters. The summed E-state index contributed by atoms with van der Waals surface area (Å²) in [5, 5.41) is 2.15. The standard InChI is InChI=1S/C17H15F3N2O3/c18-17(19,20)12-7-3-4-8-13(12)21-14(23)9-22-15(24)10-5-1-2-6-11(10)16(22)25/h1-4,7-8,10-11H,5-6,9H2,(H,21,23)/t10-,11+. The fourth-order valence-electron chi connectivity index (χ4n) is 3.20. The second-order valence-electron chi connectivity index (χ2n) is 6.01. The Balaban J connectivity index is 1.72. The van der Waals surface area contributed by atoms with Gasteiger partial charge in [0.2, 0.25) is 17.7 Å². The highest BCUT2D eigenvalue weighted by atomic mass is 19.4. The minimum absolute atomic E-state index is 0.404. The fourth-order valence-corrected chi connectivity index (χ4v) is 3.20. The Morgan fingerprint density at radius 3 is 2.20 bits per heavy atom. The second-order valence-corrected chi connectivity index (χ2v) is 6.01. The summed E-state index contributed by atoms with van der Waals surface area (Å²) in [6.07, 6.45) is -0.122. The molecule has 1 fully saturated rings. The number of carbonyl (C=O) groups is 3. The van der Waals surface area contributed by atoms with Crippen LogP contribution in [0.3, 0.4) is 0 Å². The van der Waals surface area contributed by atoms with Crippen LogP contribution in [0.2, 0.25) is 0 Å². The first kappa shape index (κ1) is 17.2. The van der Waals surface area contributed by atoms with Crippen molar-refractivity contribution in [3.63, 3.8) is 0 Å². The Hall–Kier alpha value is -2.64. The molecule has 0 radical (unpaired) electrons. The number of hydrogen-bond donors (Lipinski definition) is 1. The number of imide groups is 1. The number of fused-ring (bicyclic) bond motifs is 1. The SMILES string of the molecule is O=C(CN1C(=O)[C@H]2CC=CC[C@H]2C1=O)Nc1ccccc1C(F)(F)F. The predicted octanol–water partition coefficient (Wildman–Crippen LogP) is 2.60. The number of benzene rings is 1. The molecule has 1 aliphatic heterocycles. The molecule has 3 rings (SSSR count). The molecule has 2 aliphatic rings. The topological polar surface area (TPSA) is 66.5 Å². The third-order valence-corrected chi connectivity index (χ3v) is 4.41. The molecule has 0 spiro atoms. The molecule has 3 amide bonds. The van der Waals surface area contributed by atoms with Crippen LogP contribution in [0.25, 0.3) is 0 Å². The van der Waals surface area contributed by atoms with Crippen LogP contribution in [0, 0.1) is 11.8 Å². The quantitative estimate of drug-likeness (QED) is 0.672. The minimum atomic E-state index is -4.62. The van der Waals surface area contributed by atoms with Crippen molar-refractivity contribution < 1.29 is 27.6 Å². The summed E-state index contributed by atoms with van der Waals surface area (Å²) in [7, 11) is 0. The van der Waals surface area contributed by atoms with Crippen LogP contribution in [0.1, 0.15) is 18.4 Å². The highest BCUT2D eigenvalue weighted by Gasteiger charge is 2.47. The molecule has 5 nitrogen and oxygen atoms in total. The molecule has 0 aromatic heterocycles. The zero-order chi connectivity index (χ0) is 18.2. The third-order valence-electron chi connectivity index (χ3n) is 4.41. The molecular weight excluding hydrogens is 337 g/mol. The van der Waals surface area contributed by atoms with Gasteiger partial charge in [0.15, 0.2) is 0 Å². The van der Waals surface area contributed by atoms with Crippen LogP contribution in [0.5, 0.6) is 0 Å². The van der Waals surface area contributed by atoms with Gasteiger partial charge >= 0.3 is 6.18 Å². The molecular formula is C17H15F3N2O3. The van der Waals surface area contributed by atoms with E-state index in [1.54, 1.807) is 0 Å². The molecule has 1 aromatic rings. The lowest BCUT2D eigenvalue weighted by molar-refractivity contribution is -0.143. The lowest BCUT2D eigenvalue weighted by atomic mass is 9.85. The van der Waals surface area contributed by atoms with E-state index in [0.29, 0.717) is 12.8 Å². The third kappa shape index (κ3) is 3.29. The smallest absolute Gasteiger partial charge is 0.324 e. The van der Waals surface area contributed by atoms with Crippen LogP contribution < -0.4 is 5.32 Å². The Kier molecular flexibility index (Phi) is 4.36. The van der Waals surface area contributed by atoms with Gasteiger partial charge in [0, 0.05) is 0 Å². The first-order chi connectivity index (χ1) is 11.8. The van der Waals surface area contributed by atoms with Crippen molar-refractivity contribution in [2.75, 3.05) is 11.9 Å². The summed E-state index contributed by atoms with van der Waals surface area (Å²) in [6, 6.07) is 4.54. The van der Waals surface area contributed by atoms with E-state index < -0.39 is 53.5 Å². The van der Waals surface area contributed by atoms with Crippen molar-refractivity contribution in [3.8, 4) is 0 Å². The van der Waals surface area contributed by atoms with Crippen molar-refractivity contribution in [2.45, 2.75) is 19.0 Å². The number of para-hydroxylation sites is 1. The van der Waals surface area contributed by atoms with Gasteiger partial charge in [-0.15, -0.1) is 0 Å². The molecule has 0 bridgehead atoms. The zero-order valence-corrected chi connectivity index (χ0v) is 13.0. The van der Waals surface area contributed by atoms with Gasteiger partial charge in [0.1, 0.15) is 6.54 Å². The summed E-state index contributed by atoms with van der Waals surface area (Å²) in [4.78, 5) is 37.5. The van der Waals surface area contributed by atoms with E-state index in [-0.39, 0.29) is 0 Å². The van der Waals surface area contributed by atoms with Gasteiger partial charge in [-0.25, -0.2) is 0 Å². The van der Waals surface area contributed by atoms with Crippen molar-refractivity contribution >= 4 is 23.4 Å². The van der Waals surface area contributed by atoms with E-state index in [2.05, 4.69) is 5.32 Å². The van der Waals surface area contributed by atoms with Crippen molar-refractivity contribution in [2.24, 2.45) is 11.8 Å². The second kappa shape index (κ2) is 6.34. The van der Waals surface area contributed by atoms with Crippen LogP contribution >= 0.6 is 0 Å². The number of hydrogen-bond acceptors (Lipinski definition) is 3. The van der Waals surface area contributed by atoms with E-state index >= 15 is 0 Å². The molecule has 1 N–H and O–H groups in total. The monoisotopic (exact) mass is 352 g/mol. The maximum Gasteiger partial charge on any atom is 0.418 e. The number of likely N-dealkylation sites (tertiary alicyclic amines) is 1. The van der Waals surface area contributed by atoms with Gasteiger partial charge in [-0.3, -0.25) is 19.3 Å². The molecule has 0 saturated carbocycles. The summed E-state index contributed by atoms with van der Waals surface area (Å²) in [5.41, 5.74) is -1.39. The zero-order valence-electron chi connectivity index (χ0n) is 13.0. The highest BCUT2D eigenvalue weighted by molar-refractivity contribution is 6.08. The summed E-state index contributed by atoms with van der Waals surface area (Å²) in [6.45, 7) is -0.586. The van der Waals surface area contributed by atoms with Crippen molar-refractivity contribution in [3.05, 3.63) is 42.0 Å². The van der Waals surface area contributed by atoms with E-state index in [1.807, 2.05) is 12.2 Å². The minimum Gasteiger partial charge on any atom is -0.324 e. The molecule has 25 heavy (non-hydrogen) atoms. The van der Waals surface area contributed by atoms with Crippen molar-refractivity contribution in [1.82, 2.24) is 4.90 Å². The van der Waals surface area contributed by atoms with E-state index in [4.69, 9.17) is 0 Å². The van der Waals surface area contributed by atoms with Gasteiger partial charge in [-0.05, 0) is 25.0 Å². The van der Waals surface area contributed by atoms with E-state index in [0.717, 1.165) is 17.0 Å². The number of halogens is 3. The Morgan fingerprint density at radius 1 is 1.08 bits per heavy atom. The van der Waals surface area contributed by atoms with Crippen LogP contribution in [0.15, 0.2) is 36.4 Å². The van der Waals surface area contributed by atoms with Crippen molar-refractivity contribution in [1.29, 1.82) is 0 Å². The normalized spacial score (nSPS) is 22.9. The number of amides is 3. The maximum atomic E-state index is 13.0. The first-order valence-electron chi connectivity index (χ1n) is 7.75. The number of nitrogens with one attached hydrogen (secondary N) is 1. The fraction of sp³-hybridized carbons (Fsp3) is 0.353. The molecule has 1 heterocycles. The van der Waals surface area contributed by atoms with Gasteiger partial charge in [-0.1, -0.05) is 24.3 Å². The average Bonchev–Trinajstić information content (AvgIpc) is 2.80. The molecule has 1 saturated heterocycles. The molecule has 0 unspecified atom stereocenters. The van der Waals surface area contributed by atoms with Crippen LogP contribution in [-0.4, -0.2) is 29.2 Å². The van der Waals surface area contributed by atoms with Gasteiger partial charge in [-0.2, -0.15) is 13.2 Å². The molecule has 1 aliphatic carbocycles. The molecule has 1 aromatic carbocycles. The maximum absolute atomic E-state index is 13.0. The lowest BCUT2D eigenvalue weighted by Crippen LogP contribution is -2.38. The Labute approximate surface area is 141 Å². The van der Waals surface area contributed by atoms with Gasteiger partial charge in [0.05, 0.1) is 23.1 Å². The van der Waals surface area contributed by atoms with Crippen LogP contribution in [-0.2, 0) is 20.6 Å². The van der Waals surface area contributed by atoms with E-state index in [9.17, 15) is 27.6 Å². The van der Waals surface area contributed by atoms with Gasteiger partial charge in [0.25, 0.3) is 0 Å². The number of carbonyl (C=O) groups excluding carboxylic acids is 3. The Morgan fingerprint density at radius 2 is 1.64 bits per heavy atom. The number of anilines is 1. The number of rotatable bonds is 3. The summed E-state index contributed by atoms with van der Waals surface area (Å²) in [5.74, 6) is -2.69. The summed E-state index contributed by atoms with van der Waals surface area (Å²) < 4.78 is 38.9. The van der Waals surface area contributed by atoms with Gasteiger partial charge < -0.3 is 5.32 Å². The van der Waals surface area contributed by atoms with E-state index in [1.165, 1.54) is 12.1 Å². The Bertz CT molecular complexity index is 732. The predicted molar refractivity (Wildman–Crippen MR) is 82.1 cm³/mol. The average molecular weight is 352 g/mol. The number of alkyl halides is 3. The first-order valence-corrected chi connectivity index (χ1v) is 7.75. The lowest BCUT2D eigenvalue weighted by Gasteiger charge is -2.17. The molecule has 8 heteroatoms. The summed E-state index contributed by atoms with van der Waals surface area (Å²) >= 11 is 0. The highest BCUT2D eigenvalue weighted by Crippen LogP contribution is 2.36. The number of nitrogens with zero attached hydrogens (tertiary/aromatic N) is 1. The van der Waals surface area contributed by atoms with Crippen LogP contribution in [0.4, 0.5) is 18.9 Å². The number of allylic oxidation sites excluding steroid dienone is 2. The largest absolute Gasteiger partial charge is 0.418 e.